The van der Waals surface area contributed by atoms with Gasteiger partial charge >= 0.3 is 0 Å². The molecule has 3 N–H and O–H groups in total. The summed E-state index contributed by atoms with van der Waals surface area (Å²) in [6, 6.07) is 3.75. The second-order valence-corrected chi connectivity index (χ2v) is 3.23. The third kappa shape index (κ3) is 1.61. The fourth-order valence-electron chi connectivity index (χ4n) is 1.49. The molecule has 0 bridgehead atoms. The Kier molecular flexibility index (Phi) is 2.45. The van der Waals surface area contributed by atoms with Crippen molar-refractivity contribution in [2.75, 3.05) is 26.0 Å². The Morgan fingerprint density at radius 1 is 1.29 bits per heavy atom. The molecular weight excluding hydrogens is 180 g/mol. The van der Waals surface area contributed by atoms with Crippen LogP contribution < -0.4 is 20.5 Å². The molecule has 1 heterocycles. The van der Waals surface area contributed by atoms with Crippen LogP contribution in [0.1, 0.15) is 5.56 Å². The first-order valence-electron chi connectivity index (χ1n) is 4.64. The minimum Gasteiger partial charge on any atom is -0.486 e. The van der Waals surface area contributed by atoms with Crippen molar-refractivity contribution >= 4 is 5.69 Å². The van der Waals surface area contributed by atoms with Crippen LogP contribution >= 0.6 is 0 Å². The van der Waals surface area contributed by atoms with E-state index in [1.165, 1.54) is 0 Å². The zero-order valence-corrected chi connectivity index (χ0v) is 8.17. The third-order valence-electron chi connectivity index (χ3n) is 2.17. The monoisotopic (exact) mass is 194 g/mol. The Morgan fingerprint density at radius 3 is 2.57 bits per heavy atom. The second-order valence-electron chi connectivity index (χ2n) is 3.23. The summed E-state index contributed by atoms with van der Waals surface area (Å²) in [4.78, 5) is 0. The van der Waals surface area contributed by atoms with E-state index in [1.54, 1.807) is 0 Å². The van der Waals surface area contributed by atoms with Gasteiger partial charge in [-0.1, -0.05) is 0 Å². The molecule has 0 fully saturated rings. The number of nitrogens with two attached hydrogens (primary N) is 1. The molecule has 0 aliphatic carbocycles. The van der Waals surface area contributed by atoms with Crippen molar-refractivity contribution in [2.24, 2.45) is 0 Å². The average molecular weight is 194 g/mol. The van der Waals surface area contributed by atoms with Gasteiger partial charge in [-0.25, -0.2) is 0 Å². The fraction of sp³-hybridized carbons (Fsp3) is 0.400. The topological polar surface area (TPSA) is 56.5 Å². The Balaban J connectivity index is 2.35. The van der Waals surface area contributed by atoms with E-state index >= 15 is 0 Å². The van der Waals surface area contributed by atoms with Crippen LogP contribution in [-0.2, 0) is 6.54 Å². The van der Waals surface area contributed by atoms with E-state index in [0.717, 1.165) is 29.3 Å². The first-order chi connectivity index (χ1) is 6.81. The molecule has 2 rings (SSSR count). The van der Waals surface area contributed by atoms with Gasteiger partial charge in [0.05, 0.1) is 0 Å². The predicted molar refractivity (Wildman–Crippen MR) is 54.6 cm³/mol. The number of nitrogens with one attached hydrogen (secondary N) is 1. The molecule has 14 heavy (non-hydrogen) atoms. The molecule has 0 unspecified atom stereocenters. The van der Waals surface area contributed by atoms with Gasteiger partial charge in [-0.2, -0.15) is 0 Å². The Labute approximate surface area is 83.0 Å². The quantitative estimate of drug-likeness (QED) is 0.682. The minimum absolute atomic E-state index is 0.595. The maximum Gasteiger partial charge on any atom is 0.163 e. The van der Waals surface area contributed by atoms with Gasteiger partial charge in [0.2, 0.25) is 0 Å². The van der Waals surface area contributed by atoms with Gasteiger partial charge in [-0.3, -0.25) is 0 Å². The molecule has 0 spiro atoms. The van der Waals surface area contributed by atoms with Crippen LogP contribution in [0.5, 0.6) is 11.5 Å². The lowest BCUT2D eigenvalue weighted by Gasteiger charge is -2.20. The van der Waals surface area contributed by atoms with Crippen molar-refractivity contribution in [3.05, 3.63) is 17.7 Å². The van der Waals surface area contributed by atoms with Crippen LogP contribution in [0.2, 0.25) is 0 Å². The summed E-state index contributed by atoms with van der Waals surface area (Å²) >= 11 is 0. The largest absolute Gasteiger partial charge is 0.486 e. The van der Waals surface area contributed by atoms with E-state index < -0.39 is 0 Å². The fourth-order valence-corrected chi connectivity index (χ4v) is 1.49. The zero-order valence-electron chi connectivity index (χ0n) is 8.17. The molecular formula is C10H14N2O2. The van der Waals surface area contributed by atoms with E-state index in [-0.39, 0.29) is 0 Å². The van der Waals surface area contributed by atoms with E-state index in [2.05, 4.69) is 5.32 Å². The van der Waals surface area contributed by atoms with Crippen molar-refractivity contribution in [1.82, 2.24) is 5.32 Å². The molecule has 1 aromatic rings. The van der Waals surface area contributed by atoms with E-state index in [0.29, 0.717) is 13.2 Å². The van der Waals surface area contributed by atoms with Gasteiger partial charge in [0.25, 0.3) is 0 Å². The first kappa shape index (κ1) is 9.15. The Hall–Kier alpha value is -1.42. The van der Waals surface area contributed by atoms with Gasteiger partial charge < -0.3 is 20.5 Å². The molecule has 0 aromatic heterocycles. The van der Waals surface area contributed by atoms with Gasteiger partial charge in [0.1, 0.15) is 13.2 Å². The number of rotatable bonds is 2. The van der Waals surface area contributed by atoms with Crippen LogP contribution in [0, 0.1) is 0 Å². The van der Waals surface area contributed by atoms with E-state index in [9.17, 15) is 0 Å². The van der Waals surface area contributed by atoms with Crippen molar-refractivity contribution in [2.45, 2.75) is 6.54 Å². The Morgan fingerprint density at radius 2 is 1.93 bits per heavy atom. The molecule has 1 aromatic carbocycles. The van der Waals surface area contributed by atoms with Gasteiger partial charge in [0, 0.05) is 18.3 Å². The minimum atomic E-state index is 0.595. The highest BCUT2D eigenvalue weighted by molar-refractivity contribution is 5.58. The lowest BCUT2D eigenvalue weighted by atomic mass is 10.1. The number of hydrogen-bond donors (Lipinski definition) is 2. The Bertz CT molecular complexity index is 339. The second kappa shape index (κ2) is 3.75. The van der Waals surface area contributed by atoms with Gasteiger partial charge in [-0.05, 0) is 18.7 Å². The van der Waals surface area contributed by atoms with Crippen LogP contribution in [-0.4, -0.2) is 20.3 Å². The smallest absolute Gasteiger partial charge is 0.163 e. The summed E-state index contributed by atoms with van der Waals surface area (Å²) in [5.41, 5.74) is 7.63. The van der Waals surface area contributed by atoms with Gasteiger partial charge in [0.15, 0.2) is 11.5 Å². The summed E-state index contributed by atoms with van der Waals surface area (Å²) in [6.07, 6.45) is 0. The molecule has 0 atom stereocenters. The number of benzene rings is 1. The SMILES string of the molecule is CNCc1cc2c(cc1N)OCCO2. The summed E-state index contributed by atoms with van der Waals surface area (Å²) in [6.45, 7) is 1.94. The van der Waals surface area contributed by atoms with Crippen LogP contribution in [0.3, 0.4) is 0 Å². The van der Waals surface area contributed by atoms with Crippen LogP contribution in [0.15, 0.2) is 12.1 Å². The van der Waals surface area contributed by atoms with E-state index in [1.807, 2.05) is 19.2 Å². The maximum atomic E-state index is 5.86. The van der Waals surface area contributed by atoms with Crippen molar-refractivity contribution in [3.8, 4) is 11.5 Å². The number of nitrogen functional groups attached to an aromatic ring is 1. The van der Waals surface area contributed by atoms with E-state index in [4.69, 9.17) is 15.2 Å². The average Bonchev–Trinajstić information content (AvgIpc) is 2.19. The lowest BCUT2D eigenvalue weighted by Crippen LogP contribution is -2.16. The third-order valence-corrected chi connectivity index (χ3v) is 2.17. The molecule has 0 radical (unpaired) electrons. The number of hydrogen-bond acceptors (Lipinski definition) is 4. The number of anilines is 1. The van der Waals surface area contributed by atoms with Crippen molar-refractivity contribution < 1.29 is 9.47 Å². The normalized spacial score (nSPS) is 14.1. The number of ether oxygens (including phenoxy) is 2. The number of fused-ring (bicyclic) bond motifs is 1. The maximum absolute atomic E-state index is 5.86. The summed E-state index contributed by atoms with van der Waals surface area (Å²) in [5.74, 6) is 1.53. The van der Waals surface area contributed by atoms with Crippen LogP contribution in [0.4, 0.5) is 5.69 Å². The summed E-state index contributed by atoms with van der Waals surface area (Å²) in [5, 5.41) is 3.06. The zero-order chi connectivity index (χ0) is 9.97. The molecule has 0 saturated carbocycles. The molecule has 0 amide bonds. The molecule has 76 valence electrons. The van der Waals surface area contributed by atoms with Crippen molar-refractivity contribution in [3.63, 3.8) is 0 Å². The highest BCUT2D eigenvalue weighted by atomic mass is 16.6. The predicted octanol–water partition coefficient (Wildman–Crippen LogP) is 0.759. The van der Waals surface area contributed by atoms with Crippen molar-refractivity contribution in [1.29, 1.82) is 0 Å². The summed E-state index contributed by atoms with van der Waals surface area (Å²) < 4.78 is 10.9. The first-order valence-corrected chi connectivity index (χ1v) is 4.64. The highest BCUT2D eigenvalue weighted by Crippen LogP contribution is 2.34. The molecule has 4 heteroatoms. The molecule has 4 nitrogen and oxygen atoms in total. The highest BCUT2D eigenvalue weighted by Gasteiger charge is 2.13. The van der Waals surface area contributed by atoms with Gasteiger partial charge in [-0.15, -0.1) is 0 Å². The molecule has 1 aliphatic heterocycles. The molecule has 0 saturated heterocycles. The molecule has 1 aliphatic rings. The standard InChI is InChI=1S/C10H14N2O2/c1-12-6-7-4-9-10(5-8(7)11)14-3-2-13-9/h4-5,12H,2-3,6,11H2,1H3. The lowest BCUT2D eigenvalue weighted by molar-refractivity contribution is 0.171. The van der Waals surface area contributed by atoms with Crippen LogP contribution in [0.25, 0.3) is 0 Å². The summed E-state index contributed by atoms with van der Waals surface area (Å²) in [7, 11) is 1.89.